The number of aromatic nitrogens is 2. The Morgan fingerprint density at radius 3 is 3.00 bits per heavy atom. The van der Waals surface area contributed by atoms with E-state index in [0.717, 1.165) is 0 Å². The van der Waals surface area contributed by atoms with Crippen molar-refractivity contribution in [2.75, 3.05) is 0 Å². The van der Waals surface area contributed by atoms with Crippen LogP contribution >= 0.6 is 0 Å². The maximum atomic E-state index is 10.1. The Morgan fingerprint density at radius 2 is 2.55 bits per heavy atom. The molecule has 1 heterocycles. The van der Waals surface area contributed by atoms with Crippen molar-refractivity contribution < 1.29 is 4.92 Å². The fraction of sp³-hybridized carbons (Fsp3) is 0.167. The quantitative estimate of drug-likeness (QED) is 0.364. The molecule has 1 aromatic rings. The second kappa shape index (κ2) is 2.84. The van der Waals surface area contributed by atoms with Crippen LogP contribution in [0, 0.1) is 22.0 Å². The van der Waals surface area contributed by atoms with Gasteiger partial charge in [-0.05, 0) is 17.8 Å². The maximum absolute atomic E-state index is 10.1. The molecule has 0 aliphatic heterocycles. The summed E-state index contributed by atoms with van der Waals surface area (Å²) in [5.74, 6) is 4.89. The Kier molecular flexibility index (Phi) is 1.88. The smallest absolute Gasteiger partial charge is 0.390 e. The van der Waals surface area contributed by atoms with Crippen LogP contribution in [0.5, 0.6) is 0 Å². The van der Waals surface area contributed by atoms with Gasteiger partial charge >= 0.3 is 5.95 Å². The number of hydrogen-bond donors (Lipinski definition) is 1. The highest BCUT2D eigenvalue weighted by Gasteiger charge is 2.08. The molecule has 11 heavy (non-hydrogen) atoms. The molecule has 0 unspecified atom stereocenters. The van der Waals surface area contributed by atoms with Crippen molar-refractivity contribution >= 4 is 5.95 Å². The molecule has 0 saturated heterocycles. The first-order valence-electron chi connectivity index (χ1n) is 2.86. The molecule has 0 fully saturated rings. The zero-order valence-electron chi connectivity index (χ0n) is 5.79. The van der Waals surface area contributed by atoms with Crippen molar-refractivity contribution in [3.63, 3.8) is 0 Å². The van der Waals surface area contributed by atoms with Gasteiger partial charge in [0.25, 0.3) is 0 Å². The molecule has 1 rings (SSSR count). The Bertz CT molecular complexity index is 331. The normalized spacial score (nSPS) is 8.45. The van der Waals surface area contributed by atoms with Gasteiger partial charge in [0.2, 0.25) is 5.69 Å². The molecule has 0 aliphatic rings. The van der Waals surface area contributed by atoms with Crippen LogP contribution in [0.3, 0.4) is 0 Å². The van der Waals surface area contributed by atoms with E-state index in [1.807, 2.05) is 0 Å². The molecule has 0 amide bonds. The average Bonchev–Trinajstić information content (AvgIpc) is 2.37. The molecule has 5 heteroatoms. The number of aromatic amines is 1. The van der Waals surface area contributed by atoms with Crippen LogP contribution in [0.15, 0.2) is 6.20 Å². The molecule has 0 bridgehead atoms. The molecule has 0 spiro atoms. The summed E-state index contributed by atoms with van der Waals surface area (Å²) < 4.78 is 0. The fourth-order valence-electron chi connectivity index (χ4n) is 0.597. The Labute approximate surface area is 62.6 Å². The van der Waals surface area contributed by atoms with Gasteiger partial charge in [0.15, 0.2) is 0 Å². The number of nitrogens with zero attached hydrogens (tertiary/aromatic N) is 2. The molecule has 0 radical (unpaired) electrons. The van der Waals surface area contributed by atoms with Crippen molar-refractivity contribution in [2.45, 2.75) is 6.92 Å². The van der Waals surface area contributed by atoms with Crippen molar-refractivity contribution in [1.82, 2.24) is 9.97 Å². The lowest BCUT2D eigenvalue weighted by atomic mass is 10.5. The summed E-state index contributed by atoms with van der Waals surface area (Å²) in [4.78, 5) is 15.4. The van der Waals surface area contributed by atoms with Gasteiger partial charge in [-0.15, -0.1) is 0 Å². The number of rotatable bonds is 1. The van der Waals surface area contributed by atoms with E-state index in [4.69, 9.17) is 0 Å². The highest BCUT2D eigenvalue weighted by molar-refractivity contribution is 5.27. The minimum atomic E-state index is -0.596. The van der Waals surface area contributed by atoms with Gasteiger partial charge in [-0.1, -0.05) is 10.9 Å². The minimum Gasteiger partial charge on any atom is -0.390 e. The van der Waals surface area contributed by atoms with Gasteiger partial charge in [-0.25, -0.2) is 4.98 Å². The predicted molar refractivity (Wildman–Crippen MR) is 37.8 cm³/mol. The zero-order chi connectivity index (χ0) is 8.27. The van der Waals surface area contributed by atoms with Gasteiger partial charge in [0.1, 0.15) is 6.20 Å². The van der Waals surface area contributed by atoms with E-state index < -0.39 is 4.92 Å². The van der Waals surface area contributed by atoms with E-state index in [0.29, 0.717) is 5.69 Å². The van der Waals surface area contributed by atoms with Crippen LogP contribution in [0.1, 0.15) is 12.6 Å². The van der Waals surface area contributed by atoms with Crippen LogP contribution < -0.4 is 0 Å². The molecule has 0 saturated carbocycles. The van der Waals surface area contributed by atoms with Crippen LogP contribution in [0.4, 0.5) is 5.95 Å². The van der Waals surface area contributed by atoms with Crippen molar-refractivity contribution in [3.8, 4) is 11.8 Å². The molecule has 0 aliphatic carbocycles. The van der Waals surface area contributed by atoms with E-state index in [2.05, 4.69) is 21.8 Å². The Morgan fingerprint density at radius 1 is 1.82 bits per heavy atom. The molecule has 56 valence electrons. The highest BCUT2D eigenvalue weighted by Crippen LogP contribution is 2.02. The summed E-state index contributed by atoms with van der Waals surface area (Å²) in [5, 5.41) is 10.1. The summed E-state index contributed by atoms with van der Waals surface area (Å²) in [6.45, 7) is 1.64. The lowest BCUT2D eigenvalue weighted by Crippen LogP contribution is -1.89. The van der Waals surface area contributed by atoms with Crippen molar-refractivity contribution in [2.24, 2.45) is 0 Å². The third kappa shape index (κ3) is 1.55. The van der Waals surface area contributed by atoms with Crippen LogP contribution in [0.2, 0.25) is 0 Å². The largest absolute Gasteiger partial charge is 0.433 e. The van der Waals surface area contributed by atoms with E-state index in [-0.39, 0.29) is 5.95 Å². The number of H-pyrrole nitrogens is 1. The SMILES string of the molecule is CC#Cc1c[nH]c([N+](=O)[O-])n1. The Hall–Kier alpha value is -1.83. The number of imidazole rings is 1. The first kappa shape index (κ1) is 7.28. The molecule has 1 N–H and O–H groups in total. The molecule has 5 nitrogen and oxygen atoms in total. The van der Waals surface area contributed by atoms with E-state index in [1.54, 1.807) is 6.92 Å². The van der Waals surface area contributed by atoms with Crippen LogP contribution in [-0.2, 0) is 0 Å². The molecular weight excluding hydrogens is 146 g/mol. The second-order valence-electron chi connectivity index (χ2n) is 1.74. The first-order valence-corrected chi connectivity index (χ1v) is 2.86. The van der Waals surface area contributed by atoms with Crippen LogP contribution in [-0.4, -0.2) is 14.9 Å². The molecule has 1 aromatic heterocycles. The van der Waals surface area contributed by atoms with E-state index in [9.17, 15) is 10.1 Å². The van der Waals surface area contributed by atoms with E-state index >= 15 is 0 Å². The molecular formula is C6H5N3O2. The molecule has 0 atom stereocenters. The van der Waals surface area contributed by atoms with Gasteiger partial charge < -0.3 is 10.1 Å². The number of nitrogens with one attached hydrogen (secondary N) is 1. The van der Waals surface area contributed by atoms with Crippen molar-refractivity contribution in [1.29, 1.82) is 0 Å². The highest BCUT2D eigenvalue weighted by atomic mass is 16.6. The maximum Gasteiger partial charge on any atom is 0.433 e. The lowest BCUT2D eigenvalue weighted by molar-refractivity contribution is -0.393. The number of hydrogen-bond acceptors (Lipinski definition) is 3. The summed E-state index contributed by atoms with van der Waals surface area (Å²) >= 11 is 0. The first-order chi connectivity index (χ1) is 5.24. The Balaban J connectivity index is 2.96. The fourth-order valence-corrected chi connectivity index (χ4v) is 0.597. The third-order valence-electron chi connectivity index (χ3n) is 0.990. The predicted octanol–water partition coefficient (Wildman–Crippen LogP) is 0.689. The van der Waals surface area contributed by atoms with E-state index in [1.165, 1.54) is 6.20 Å². The summed E-state index contributed by atoms with van der Waals surface area (Å²) in [5.41, 5.74) is 0.388. The van der Waals surface area contributed by atoms with Gasteiger partial charge in [-0.2, -0.15) is 0 Å². The lowest BCUT2D eigenvalue weighted by Gasteiger charge is -1.84. The van der Waals surface area contributed by atoms with Crippen LogP contribution in [0.25, 0.3) is 0 Å². The average molecular weight is 151 g/mol. The standard InChI is InChI=1S/C6H5N3O2/c1-2-3-5-4-7-6(8-5)9(10)11/h4H,1H3,(H,7,8). The molecule has 0 aromatic carbocycles. The summed E-state index contributed by atoms with van der Waals surface area (Å²) in [6, 6.07) is 0. The van der Waals surface area contributed by atoms with Gasteiger partial charge in [0.05, 0.1) is 0 Å². The summed E-state index contributed by atoms with van der Waals surface area (Å²) in [7, 11) is 0. The minimum absolute atomic E-state index is 0.275. The van der Waals surface area contributed by atoms with Crippen molar-refractivity contribution in [3.05, 3.63) is 22.0 Å². The summed E-state index contributed by atoms with van der Waals surface area (Å²) in [6.07, 6.45) is 1.40. The second-order valence-corrected chi connectivity index (χ2v) is 1.74. The van der Waals surface area contributed by atoms with Gasteiger partial charge in [-0.3, -0.25) is 0 Å². The zero-order valence-corrected chi connectivity index (χ0v) is 5.79. The monoisotopic (exact) mass is 151 g/mol. The van der Waals surface area contributed by atoms with Gasteiger partial charge in [0, 0.05) is 0 Å². The third-order valence-corrected chi connectivity index (χ3v) is 0.990. The topological polar surface area (TPSA) is 71.8 Å². The number of nitro groups is 1.